The maximum Gasteiger partial charge on any atom is 0.127 e. The van der Waals surface area contributed by atoms with E-state index in [0.29, 0.717) is 6.04 Å². The monoisotopic (exact) mass is 286 g/mol. The first-order chi connectivity index (χ1) is 10.1. The van der Waals surface area contributed by atoms with Crippen molar-refractivity contribution < 1.29 is 4.74 Å². The Morgan fingerprint density at radius 1 is 1.29 bits per heavy atom. The average molecular weight is 286 g/mol. The van der Waals surface area contributed by atoms with E-state index < -0.39 is 0 Å². The molecule has 2 aliphatic heterocycles. The Morgan fingerprint density at radius 3 is 2.95 bits per heavy atom. The van der Waals surface area contributed by atoms with Gasteiger partial charge in [0.05, 0.1) is 0 Å². The van der Waals surface area contributed by atoms with E-state index in [9.17, 15) is 0 Å². The molecule has 1 saturated heterocycles. The smallest absolute Gasteiger partial charge is 0.127 e. The molecule has 1 unspecified atom stereocenters. The van der Waals surface area contributed by atoms with E-state index in [2.05, 4.69) is 42.3 Å². The summed E-state index contributed by atoms with van der Waals surface area (Å²) in [5.41, 5.74) is 2.64. The summed E-state index contributed by atoms with van der Waals surface area (Å²) in [5, 5.41) is 3.75. The van der Waals surface area contributed by atoms with E-state index in [4.69, 9.17) is 4.74 Å². The van der Waals surface area contributed by atoms with Gasteiger partial charge in [-0.1, -0.05) is 18.2 Å². The molecule has 114 valence electrons. The van der Waals surface area contributed by atoms with Gasteiger partial charge in [-0.3, -0.25) is 4.90 Å². The number of fused-ring (bicyclic) bond motifs is 1. The predicted octanol–water partition coefficient (Wildman–Crippen LogP) is 2.73. The van der Waals surface area contributed by atoms with Gasteiger partial charge < -0.3 is 10.1 Å². The SMILES string of the molecule is CC1(C)Cc2cccc(CNC3CCN(C4CC4)C3)c2O1. The normalized spacial score (nSPS) is 27.6. The first kappa shape index (κ1) is 13.6. The number of para-hydroxylation sites is 1. The molecular weight excluding hydrogens is 260 g/mol. The minimum atomic E-state index is -0.0471. The third-order valence-electron chi connectivity index (χ3n) is 5.04. The van der Waals surface area contributed by atoms with Crippen LogP contribution < -0.4 is 10.1 Å². The Hall–Kier alpha value is -1.06. The molecule has 0 aromatic heterocycles. The van der Waals surface area contributed by atoms with Gasteiger partial charge in [-0.05, 0) is 38.7 Å². The summed E-state index contributed by atoms with van der Waals surface area (Å²) in [4.78, 5) is 2.66. The molecule has 1 aliphatic carbocycles. The summed E-state index contributed by atoms with van der Waals surface area (Å²) in [6, 6.07) is 8.14. The van der Waals surface area contributed by atoms with Gasteiger partial charge in [0.25, 0.3) is 0 Å². The Morgan fingerprint density at radius 2 is 2.14 bits per heavy atom. The van der Waals surface area contributed by atoms with Crippen molar-refractivity contribution in [1.82, 2.24) is 10.2 Å². The molecule has 0 bridgehead atoms. The molecule has 21 heavy (non-hydrogen) atoms. The Labute approximate surface area is 127 Å². The molecule has 2 fully saturated rings. The molecule has 4 rings (SSSR count). The van der Waals surface area contributed by atoms with Gasteiger partial charge in [0.15, 0.2) is 0 Å². The van der Waals surface area contributed by atoms with Gasteiger partial charge in [-0.15, -0.1) is 0 Å². The van der Waals surface area contributed by atoms with E-state index in [1.54, 1.807) is 0 Å². The molecule has 0 amide bonds. The van der Waals surface area contributed by atoms with Crippen LogP contribution in [0.3, 0.4) is 0 Å². The molecule has 3 heteroatoms. The second kappa shape index (κ2) is 4.99. The number of hydrogen-bond donors (Lipinski definition) is 1. The van der Waals surface area contributed by atoms with Gasteiger partial charge >= 0.3 is 0 Å². The Kier molecular flexibility index (Phi) is 3.23. The van der Waals surface area contributed by atoms with Crippen LogP contribution in [-0.4, -0.2) is 35.7 Å². The molecule has 0 spiro atoms. The van der Waals surface area contributed by atoms with Crippen molar-refractivity contribution in [1.29, 1.82) is 0 Å². The largest absolute Gasteiger partial charge is 0.487 e. The van der Waals surface area contributed by atoms with Crippen LogP contribution in [0.1, 0.15) is 44.2 Å². The van der Waals surface area contributed by atoms with E-state index in [0.717, 1.165) is 24.8 Å². The number of hydrogen-bond acceptors (Lipinski definition) is 3. The van der Waals surface area contributed by atoms with Crippen LogP contribution in [0.4, 0.5) is 0 Å². The van der Waals surface area contributed by atoms with Crippen LogP contribution in [0, 0.1) is 0 Å². The molecular formula is C18H26N2O. The second-order valence-corrected chi connectivity index (χ2v) is 7.54. The van der Waals surface area contributed by atoms with Crippen molar-refractivity contribution in [3.05, 3.63) is 29.3 Å². The standard InChI is InChI=1S/C18H26N2O/c1-18(2)10-13-4-3-5-14(17(13)21-18)11-19-15-8-9-20(12-15)16-6-7-16/h3-5,15-16,19H,6-12H2,1-2H3. The molecule has 1 aromatic carbocycles. The highest BCUT2D eigenvalue weighted by Gasteiger charge is 2.35. The molecule has 1 N–H and O–H groups in total. The highest BCUT2D eigenvalue weighted by molar-refractivity contribution is 5.45. The first-order valence-corrected chi connectivity index (χ1v) is 8.38. The molecule has 2 heterocycles. The van der Waals surface area contributed by atoms with Crippen molar-refractivity contribution in [2.24, 2.45) is 0 Å². The molecule has 0 radical (unpaired) electrons. The van der Waals surface area contributed by atoms with E-state index >= 15 is 0 Å². The number of rotatable bonds is 4. The van der Waals surface area contributed by atoms with Crippen molar-refractivity contribution in [3.8, 4) is 5.75 Å². The summed E-state index contributed by atoms with van der Waals surface area (Å²) in [6.07, 6.45) is 5.15. The maximum atomic E-state index is 6.16. The highest BCUT2D eigenvalue weighted by atomic mass is 16.5. The Balaban J connectivity index is 1.39. The van der Waals surface area contributed by atoms with Crippen LogP contribution >= 0.6 is 0 Å². The fraction of sp³-hybridized carbons (Fsp3) is 0.667. The summed E-state index contributed by atoms with van der Waals surface area (Å²) >= 11 is 0. The van der Waals surface area contributed by atoms with Crippen LogP contribution in [0.2, 0.25) is 0 Å². The van der Waals surface area contributed by atoms with Crippen molar-refractivity contribution in [2.45, 2.75) is 63.8 Å². The highest BCUT2D eigenvalue weighted by Crippen LogP contribution is 2.37. The van der Waals surface area contributed by atoms with Gasteiger partial charge in [0, 0.05) is 43.7 Å². The Bertz CT molecular complexity index is 536. The summed E-state index contributed by atoms with van der Waals surface area (Å²) in [5.74, 6) is 1.13. The summed E-state index contributed by atoms with van der Waals surface area (Å²) in [7, 11) is 0. The average Bonchev–Trinajstić information content (AvgIpc) is 3.08. The van der Waals surface area contributed by atoms with E-state index in [1.807, 2.05) is 0 Å². The van der Waals surface area contributed by atoms with Gasteiger partial charge in [-0.2, -0.15) is 0 Å². The number of likely N-dealkylation sites (tertiary alicyclic amines) is 1. The van der Waals surface area contributed by atoms with Crippen molar-refractivity contribution in [3.63, 3.8) is 0 Å². The topological polar surface area (TPSA) is 24.5 Å². The molecule has 1 saturated carbocycles. The fourth-order valence-corrected chi connectivity index (χ4v) is 3.80. The lowest BCUT2D eigenvalue weighted by molar-refractivity contribution is 0.137. The minimum Gasteiger partial charge on any atom is -0.487 e. The molecule has 3 nitrogen and oxygen atoms in total. The van der Waals surface area contributed by atoms with Crippen LogP contribution in [0.15, 0.2) is 18.2 Å². The lowest BCUT2D eigenvalue weighted by atomic mass is 10.0. The van der Waals surface area contributed by atoms with Crippen LogP contribution in [0.25, 0.3) is 0 Å². The van der Waals surface area contributed by atoms with Gasteiger partial charge in [0.2, 0.25) is 0 Å². The minimum absolute atomic E-state index is 0.0471. The third-order valence-corrected chi connectivity index (χ3v) is 5.04. The van der Waals surface area contributed by atoms with E-state index in [1.165, 1.54) is 43.5 Å². The van der Waals surface area contributed by atoms with Crippen molar-refractivity contribution >= 4 is 0 Å². The van der Waals surface area contributed by atoms with Crippen LogP contribution in [0.5, 0.6) is 5.75 Å². The molecule has 3 aliphatic rings. The zero-order valence-corrected chi connectivity index (χ0v) is 13.2. The van der Waals surface area contributed by atoms with Crippen molar-refractivity contribution in [2.75, 3.05) is 13.1 Å². The molecule has 1 atom stereocenters. The summed E-state index contributed by atoms with van der Waals surface area (Å²) < 4.78 is 6.16. The predicted molar refractivity (Wildman–Crippen MR) is 84.7 cm³/mol. The van der Waals surface area contributed by atoms with Crippen LogP contribution in [-0.2, 0) is 13.0 Å². The quantitative estimate of drug-likeness (QED) is 0.921. The second-order valence-electron chi connectivity index (χ2n) is 7.54. The lowest BCUT2D eigenvalue weighted by Gasteiger charge is -2.19. The number of ether oxygens (including phenoxy) is 1. The zero-order valence-electron chi connectivity index (χ0n) is 13.2. The lowest BCUT2D eigenvalue weighted by Crippen LogP contribution is -2.33. The maximum absolute atomic E-state index is 6.16. The number of nitrogens with zero attached hydrogens (tertiary/aromatic N) is 1. The summed E-state index contributed by atoms with van der Waals surface area (Å²) in [6.45, 7) is 7.79. The fourth-order valence-electron chi connectivity index (χ4n) is 3.80. The third kappa shape index (κ3) is 2.82. The zero-order chi connectivity index (χ0) is 14.4. The van der Waals surface area contributed by atoms with E-state index in [-0.39, 0.29) is 5.60 Å². The number of benzene rings is 1. The first-order valence-electron chi connectivity index (χ1n) is 8.38. The number of nitrogens with one attached hydrogen (secondary N) is 1. The van der Waals surface area contributed by atoms with Gasteiger partial charge in [0.1, 0.15) is 11.4 Å². The van der Waals surface area contributed by atoms with Gasteiger partial charge in [-0.25, -0.2) is 0 Å². The molecule has 1 aromatic rings.